The molecule has 0 spiro atoms. The number of aliphatic hydroxyl groups excluding tert-OH is 1. The van der Waals surface area contributed by atoms with E-state index >= 15 is 0 Å². The average molecular weight is 198 g/mol. The molecule has 2 aliphatic rings. The summed E-state index contributed by atoms with van der Waals surface area (Å²) >= 11 is 0. The van der Waals surface area contributed by atoms with Crippen molar-refractivity contribution in [1.82, 2.24) is 0 Å². The summed E-state index contributed by atoms with van der Waals surface area (Å²) in [4.78, 5) is 11.1. The number of ether oxygens (including phenoxy) is 2. The molecule has 0 aromatic carbocycles. The van der Waals surface area contributed by atoms with Crippen LogP contribution in [0, 0.1) is 0 Å². The molecule has 0 aromatic heterocycles. The Morgan fingerprint density at radius 2 is 2.14 bits per heavy atom. The van der Waals surface area contributed by atoms with Crippen LogP contribution in [-0.4, -0.2) is 28.9 Å². The normalized spacial score (nSPS) is 34.8. The summed E-state index contributed by atoms with van der Waals surface area (Å²) in [5, 5.41) is 9.72. The van der Waals surface area contributed by atoms with Crippen LogP contribution >= 0.6 is 0 Å². The highest BCUT2D eigenvalue weighted by Gasteiger charge is 2.49. The van der Waals surface area contributed by atoms with E-state index in [0.29, 0.717) is 12.0 Å². The van der Waals surface area contributed by atoms with E-state index in [2.05, 4.69) is 0 Å². The number of ketones is 1. The van der Waals surface area contributed by atoms with Gasteiger partial charge >= 0.3 is 0 Å². The number of Topliss-reactive ketones (excluding diaryl/α,β-unsaturated/α-hetero) is 1. The standard InChI is InChI=1S/C10H14O4/c1-5(11)6-4-7-9(8(6)12)14-10(2,3)13-7/h7,9,12H,4H2,1-3H3/t7-,9-/m0/s1. The van der Waals surface area contributed by atoms with E-state index in [4.69, 9.17) is 9.47 Å². The first-order chi connectivity index (χ1) is 6.41. The summed E-state index contributed by atoms with van der Waals surface area (Å²) in [7, 11) is 0. The molecule has 0 amide bonds. The molecule has 0 bridgehead atoms. The average Bonchev–Trinajstić information content (AvgIpc) is 2.46. The minimum Gasteiger partial charge on any atom is -0.509 e. The predicted molar refractivity (Wildman–Crippen MR) is 48.8 cm³/mol. The van der Waals surface area contributed by atoms with Crippen molar-refractivity contribution >= 4 is 5.78 Å². The van der Waals surface area contributed by atoms with E-state index in [0.717, 1.165) is 0 Å². The van der Waals surface area contributed by atoms with Crippen LogP contribution in [0.3, 0.4) is 0 Å². The smallest absolute Gasteiger partial charge is 0.164 e. The SMILES string of the molecule is CC(=O)C1=C(O)[C@H]2OC(C)(C)O[C@H]2C1. The summed E-state index contributed by atoms with van der Waals surface area (Å²) in [5.74, 6) is -0.721. The first-order valence-corrected chi connectivity index (χ1v) is 4.69. The summed E-state index contributed by atoms with van der Waals surface area (Å²) in [5.41, 5.74) is 0.440. The summed E-state index contributed by atoms with van der Waals surface area (Å²) in [6, 6.07) is 0. The largest absolute Gasteiger partial charge is 0.509 e. The maximum atomic E-state index is 11.1. The van der Waals surface area contributed by atoms with E-state index < -0.39 is 11.9 Å². The van der Waals surface area contributed by atoms with E-state index in [1.54, 1.807) is 13.8 Å². The molecule has 4 nitrogen and oxygen atoms in total. The van der Waals surface area contributed by atoms with Crippen molar-refractivity contribution in [2.45, 2.75) is 45.2 Å². The molecule has 0 radical (unpaired) electrons. The van der Waals surface area contributed by atoms with Gasteiger partial charge in [-0.15, -0.1) is 0 Å². The Morgan fingerprint density at radius 1 is 1.50 bits per heavy atom. The van der Waals surface area contributed by atoms with Gasteiger partial charge in [0.2, 0.25) is 0 Å². The number of carbonyl (C=O) groups is 1. The van der Waals surface area contributed by atoms with Crippen molar-refractivity contribution in [3.8, 4) is 0 Å². The molecule has 0 aromatic rings. The molecular formula is C10H14O4. The Morgan fingerprint density at radius 3 is 2.64 bits per heavy atom. The molecule has 1 N–H and O–H groups in total. The van der Waals surface area contributed by atoms with Gasteiger partial charge in [0.1, 0.15) is 11.9 Å². The van der Waals surface area contributed by atoms with Crippen LogP contribution in [0.2, 0.25) is 0 Å². The van der Waals surface area contributed by atoms with Gasteiger partial charge in [0.25, 0.3) is 0 Å². The highest BCUT2D eigenvalue weighted by molar-refractivity contribution is 5.94. The zero-order valence-electron chi connectivity index (χ0n) is 8.53. The van der Waals surface area contributed by atoms with Crippen molar-refractivity contribution in [1.29, 1.82) is 0 Å². The molecule has 1 heterocycles. The minimum absolute atomic E-state index is 0.0491. The lowest BCUT2D eigenvalue weighted by molar-refractivity contribution is -0.148. The number of fused-ring (bicyclic) bond motifs is 1. The fraction of sp³-hybridized carbons (Fsp3) is 0.700. The second-order valence-electron chi connectivity index (χ2n) is 4.22. The molecule has 0 unspecified atom stereocenters. The number of carbonyl (C=O) groups excluding carboxylic acids is 1. The van der Waals surface area contributed by atoms with Crippen molar-refractivity contribution in [3.63, 3.8) is 0 Å². The molecule has 1 fully saturated rings. The Balaban J connectivity index is 2.24. The maximum Gasteiger partial charge on any atom is 0.164 e. The summed E-state index contributed by atoms with van der Waals surface area (Å²) < 4.78 is 11.0. The lowest BCUT2D eigenvalue weighted by Gasteiger charge is -2.18. The first kappa shape index (κ1) is 9.68. The van der Waals surface area contributed by atoms with Crippen LogP contribution < -0.4 is 0 Å². The molecule has 78 valence electrons. The molecule has 2 rings (SSSR count). The van der Waals surface area contributed by atoms with Gasteiger partial charge in [-0.3, -0.25) is 4.79 Å². The van der Waals surface area contributed by atoms with E-state index in [-0.39, 0.29) is 17.6 Å². The molecular weight excluding hydrogens is 184 g/mol. The van der Waals surface area contributed by atoms with Gasteiger partial charge in [-0.25, -0.2) is 0 Å². The highest BCUT2D eigenvalue weighted by atomic mass is 16.8. The third-order valence-corrected chi connectivity index (χ3v) is 2.59. The Bertz CT molecular complexity index is 316. The van der Waals surface area contributed by atoms with Gasteiger partial charge in [0.15, 0.2) is 11.6 Å². The number of rotatable bonds is 1. The predicted octanol–water partition coefficient (Wildman–Crippen LogP) is 1.31. The van der Waals surface area contributed by atoms with E-state index in [1.807, 2.05) is 0 Å². The zero-order valence-corrected chi connectivity index (χ0v) is 8.53. The molecule has 1 aliphatic carbocycles. The number of hydrogen-bond acceptors (Lipinski definition) is 4. The van der Waals surface area contributed by atoms with Crippen molar-refractivity contribution < 1.29 is 19.4 Å². The fourth-order valence-electron chi connectivity index (χ4n) is 2.02. The molecule has 4 heteroatoms. The van der Waals surface area contributed by atoms with Crippen LogP contribution in [0.4, 0.5) is 0 Å². The van der Waals surface area contributed by atoms with E-state index in [1.165, 1.54) is 6.92 Å². The molecule has 2 atom stereocenters. The molecule has 1 aliphatic heterocycles. The van der Waals surface area contributed by atoms with Gasteiger partial charge < -0.3 is 14.6 Å². The monoisotopic (exact) mass is 198 g/mol. The van der Waals surface area contributed by atoms with Gasteiger partial charge in [-0.2, -0.15) is 0 Å². The minimum atomic E-state index is -0.661. The van der Waals surface area contributed by atoms with Crippen LogP contribution in [0.1, 0.15) is 27.2 Å². The lowest BCUT2D eigenvalue weighted by atomic mass is 10.1. The second kappa shape index (κ2) is 2.81. The third-order valence-electron chi connectivity index (χ3n) is 2.59. The Hall–Kier alpha value is -0.870. The number of hydrogen-bond donors (Lipinski definition) is 1. The molecule has 1 saturated heterocycles. The first-order valence-electron chi connectivity index (χ1n) is 4.69. The van der Waals surface area contributed by atoms with Gasteiger partial charge in [-0.1, -0.05) is 0 Å². The quantitative estimate of drug-likeness (QED) is 0.690. The lowest BCUT2D eigenvalue weighted by Crippen LogP contribution is -2.23. The van der Waals surface area contributed by atoms with Crippen LogP contribution in [0.15, 0.2) is 11.3 Å². The molecule has 0 saturated carbocycles. The van der Waals surface area contributed by atoms with E-state index in [9.17, 15) is 9.90 Å². The van der Waals surface area contributed by atoms with Crippen LogP contribution in [-0.2, 0) is 14.3 Å². The van der Waals surface area contributed by atoms with Crippen molar-refractivity contribution in [3.05, 3.63) is 11.3 Å². The van der Waals surface area contributed by atoms with Crippen molar-refractivity contribution in [2.75, 3.05) is 0 Å². The number of aliphatic hydroxyl groups is 1. The second-order valence-corrected chi connectivity index (χ2v) is 4.22. The maximum absolute atomic E-state index is 11.1. The van der Waals surface area contributed by atoms with Crippen LogP contribution in [0.25, 0.3) is 0 Å². The van der Waals surface area contributed by atoms with Crippen LogP contribution in [0.5, 0.6) is 0 Å². The zero-order chi connectivity index (χ0) is 10.5. The van der Waals surface area contributed by atoms with Gasteiger partial charge in [-0.05, 0) is 20.8 Å². The Kier molecular flexibility index (Phi) is 1.94. The van der Waals surface area contributed by atoms with Crippen molar-refractivity contribution in [2.24, 2.45) is 0 Å². The van der Waals surface area contributed by atoms with Gasteiger partial charge in [0, 0.05) is 12.0 Å². The highest BCUT2D eigenvalue weighted by Crippen LogP contribution is 2.40. The summed E-state index contributed by atoms with van der Waals surface area (Å²) in [6.07, 6.45) is -0.206. The third kappa shape index (κ3) is 1.35. The Labute approximate surface area is 82.5 Å². The summed E-state index contributed by atoms with van der Waals surface area (Å²) in [6.45, 7) is 5.04. The fourth-order valence-corrected chi connectivity index (χ4v) is 2.02. The topological polar surface area (TPSA) is 55.8 Å². The van der Waals surface area contributed by atoms with Gasteiger partial charge in [0.05, 0.1) is 6.10 Å². The molecule has 14 heavy (non-hydrogen) atoms.